The zero-order valence-corrected chi connectivity index (χ0v) is 10.9. The average molecular weight is 278 g/mol. The second-order valence-electron chi connectivity index (χ2n) is 2.56. The Kier molecular flexibility index (Phi) is 13.8. The number of nitrogens with one attached hydrogen (secondary N) is 1. The predicted molar refractivity (Wildman–Crippen MR) is 69.9 cm³/mol. The number of thioether (sulfide) groups is 1. The molecule has 0 bridgehead atoms. The second kappa shape index (κ2) is 11.5. The van der Waals surface area contributed by atoms with Crippen molar-refractivity contribution in [3.8, 4) is 0 Å². The third kappa shape index (κ3) is 14.9. The Morgan fingerprint density at radius 3 is 2.43 bits per heavy atom. The number of hydrogen-bond acceptors (Lipinski definition) is 2. The van der Waals surface area contributed by atoms with Gasteiger partial charge in [-0.1, -0.05) is 47.5 Å². The minimum Gasteiger partial charge on any atom is -0.379 e. The van der Waals surface area contributed by atoms with E-state index in [4.69, 9.17) is 34.3 Å². The number of unbranched alkanes of at least 4 members (excludes halogenated alkanes) is 3. The molecule has 0 heterocycles. The first-order chi connectivity index (χ1) is 6.13. The first-order valence-electron chi connectivity index (χ1n) is 4.11. The highest BCUT2D eigenvalue weighted by atomic mass is 35.5. The van der Waals surface area contributed by atoms with Crippen LogP contribution in [0.4, 0.5) is 0 Å². The fourth-order valence-electron chi connectivity index (χ4n) is 0.816. The normalized spacial score (nSPS) is 9.00. The Bertz CT molecular complexity index is 181. The number of rotatable bonds is 6. The molecular weight excluding hydrogens is 263 g/mol. The smallest absolute Gasteiger partial charge is 0.151 e. The summed E-state index contributed by atoms with van der Waals surface area (Å²) in [5, 5.41) is 7.16. The molecule has 0 spiro atoms. The molecular formula is C8H15Cl3N2S. The van der Waals surface area contributed by atoms with Gasteiger partial charge in [-0.25, -0.2) is 0 Å². The molecule has 0 aromatic rings. The van der Waals surface area contributed by atoms with Crippen molar-refractivity contribution in [3.63, 3.8) is 0 Å². The van der Waals surface area contributed by atoms with E-state index < -0.39 is 0 Å². The van der Waals surface area contributed by atoms with E-state index in [1.807, 2.05) is 0 Å². The molecule has 0 atom stereocenters. The summed E-state index contributed by atoms with van der Waals surface area (Å²) < 4.78 is 0.345. The maximum Gasteiger partial charge on any atom is 0.151 e. The van der Waals surface area contributed by atoms with E-state index in [1.165, 1.54) is 11.8 Å². The van der Waals surface area contributed by atoms with Crippen LogP contribution in [0.2, 0.25) is 0 Å². The zero-order valence-electron chi connectivity index (χ0n) is 7.76. The highest BCUT2D eigenvalue weighted by Gasteiger charge is 1.92. The van der Waals surface area contributed by atoms with Gasteiger partial charge in [0.15, 0.2) is 5.17 Å². The standard InChI is InChI=1S/C8H14Cl2N2S.ClH/c9-7(10)5-3-1-2-4-6-13-8(11)12;/h5H,1-4,6H2,(H3,11,12);1H. The summed E-state index contributed by atoms with van der Waals surface area (Å²) >= 11 is 12.3. The lowest BCUT2D eigenvalue weighted by Gasteiger charge is -1.98. The van der Waals surface area contributed by atoms with E-state index in [1.54, 1.807) is 6.08 Å². The van der Waals surface area contributed by atoms with E-state index in [9.17, 15) is 0 Å². The summed E-state index contributed by atoms with van der Waals surface area (Å²) in [6.45, 7) is 0. The zero-order chi connectivity index (χ0) is 10.1. The number of allylic oxidation sites excluding steroid dienone is 1. The second-order valence-corrected chi connectivity index (χ2v) is 4.70. The lowest BCUT2D eigenvalue weighted by Crippen LogP contribution is -2.04. The number of nitrogens with two attached hydrogens (primary N) is 1. The minimum absolute atomic E-state index is 0. The van der Waals surface area contributed by atoms with E-state index in [-0.39, 0.29) is 17.6 Å². The topological polar surface area (TPSA) is 49.9 Å². The lowest BCUT2D eigenvalue weighted by molar-refractivity contribution is 0.735. The molecule has 0 saturated heterocycles. The van der Waals surface area contributed by atoms with Crippen molar-refractivity contribution in [2.24, 2.45) is 5.73 Å². The Morgan fingerprint density at radius 1 is 1.29 bits per heavy atom. The molecule has 0 fully saturated rings. The molecule has 0 unspecified atom stereocenters. The molecule has 3 N–H and O–H groups in total. The van der Waals surface area contributed by atoms with Gasteiger partial charge in [-0.15, -0.1) is 12.4 Å². The maximum atomic E-state index is 6.96. The average Bonchev–Trinajstić information content (AvgIpc) is 2.01. The van der Waals surface area contributed by atoms with Gasteiger partial charge in [0.05, 0.1) is 0 Å². The van der Waals surface area contributed by atoms with Crippen LogP contribution < -0.4 is 5.73 Å². The summed E-state index contributed by atoms with van der Waals surface area (Å²) in [5.41, 5.74) is 5.17. The van der Waals surface area contributed by atoms with Gasteiger partial charge >= 0.3 is 0 Å². The molecule has 0 radical (unpaired) electrons. The van der Waals surface area contributed by atoms with Crippen LogP contribution in [-0.4, -0.2) is 10.9 Å². The van der Waals surface area contributed by atoms with Crippen LogP contribution in [0.1, 0.15) is 25.7 Å². The fourth-order valence-corrected chi connectivity index (χ4v) is 1.60. The van der Waals surface area contributed by atoms with Crippen LogP contribution in [-0.2, 0) is 0 Å². The summed E-state index contributed by atoms with van der Waals surface area (Å²) in [7, 11) is 0. The van der Waals surface area contributed by atoms with Gasteiger partial charge in [0, 0.05) is 5.75 Å². The highest BCUT2D eigenvalue weighted by molar-refractivity contribution is 8.13. The van der Waals surface area contributed by atoms with Gasteiger partial charge in [0.1, 0.15) is 4.49 Å². The third-order valence-electron chi connectivity index (χ3n) is 1.40. The molecule has 0 rings (SSSR count). The minimum atomic E-state index is 0. The lowest BCUT2D eigenvalue weighted by atomic mass is 10.2. The quantitative estimate of drug-likeness (QED) is 0.439. The SMILES string of the molecule is Cl.N=C(N)SCCCCCC=C(Cl)Cl. The highest BCUT2D eigenvalue weighted by Crippen LogP contribution is 2.11. The van der Waals surface area contributed by atoms with E-state index >= 15 is 0 Å². The van der Waals surface area contributed by atoms with Gasteiger partial charge in [0.2, 0.25) is 0 Å². The Hall–Kier alpha value is 0.430. The molecule has 14 heavy (non-hydrogen) atoms. The van der Waals surface area contributed by atoms with Gasteiger partial charge in [-0.3, -0.25) is 5.41 Å². The van der Waals surface area contributed by atoms with E-state index in [0.29, 0.717) is 4.49 Å². The molecule has 2 nitrogen and oxygen atoms in total. The Morgan fingerprint density at radius 2 is 1.93 bits per heavy atom. The van der Waals surface area contributed by atoms with Gasteiger partial charge in [-0.05, 0) is 19.3 Å². The molecule has 0 saturated carbocycles. The summed E-state index contributed by atoms with van der Waals surface area (Å²) in [6.07, 6.45) is 6.02. The molecule has 0 aliphatic heterocycles. The summed E-state index contributed by atoms with van der Waals surface area (Å²) in [6, 6.07) is 0. The van der Waals surface area contributed by atoms with E-state index in [0.717, 1.165) is 31.4 Å². The molecule has 0 aromatic heterocycles. The third-order valence-corrected chi connectivity index (χ3v) is 2.52. The van der Waals surface area contributed by atoms with Crippen molar-refractivity contribution in [1.82, 2.24) is 0 Å². The van der Waals surface area contributed by atoms with Crippen LogP contribution in [0.15, 0.2) is 10.6 Å². The van der Waals surface area contributed by atoms with Crippen LogP contribution in [0.3, 0.4) is 0 Å². The molecule has 6 heteroatoms. The molecule has 0 aromatic carbocycles. The van der Waals surface area contributed by atoms with Crippen molar-refractivity contribution in [2.75, 3.05) is 5.75 Å². The van der Waals surface area contributed by atoms with Gasteiger partial charge < -0.3 is 5.73 Å². The number of amidine groups is 1. The van der Waals surface area contributed by atoms with Crippen molar-refractivity contribution in [2.45, 2.75) is 25.7 Å². The monoisotopic (exact) mass is 276 g/mol. The fraction of sp³-hybridized carbons (Fsp3) is 0.625. The van der Waals surface area contributed by atoms with Gasteiger partial charge in [0.25, 0.3) is 0 Å². The first kappa shape index (κ1) is 16.8. The van der Waals surface area contributed by atoms with Crippen LogP contribution in [0, 0.1) is 5.41 Å². The number of halogens is 3. The molecule has 84 valence electrons. The van der Waals surface area contributed by atoms with Crippen molar-refractivity contribution in [3.05, 3.63) is 10.6 Å². The molecule has 0 amide bonds. The van der Waals surface area contributed by atoms with Crippen molar-refractivity contribution >= 4 is 52.5 Å². The largest absolute Gasteiger partial charge is 0.379 e. The molecule has 0 aliphatic rings. The first-order valence-corrected chi connectivity index (χ1v) is 5.85. The van der Waals surface area contributed by atoms with Crippen LogP contribution in [0.5, 0.6) is 0 Å². The van der Waals surface area contributed by atoms with Crippen molar-refractivity contribution in [1.29, 1.82) is 5.41 Å². The predicted octanol–water partition coefficient (Wildman–Crippen LogP) is 3.91. The van der Waals surface area contributed by atoms with Crippen LogP contribution >= 0.6 is 47.4 Å². The number of hydrogen-bond donors (Lipinski definition) is 2. The summed E-state index contributed by atoms with van der Waals surface area (Å²) in [5.74, 6) is 0.924. The Balaban J connectivity index is 0. The Labute approximate surface area is 106 Å². The molecule has 0 aliphatic carbocycles. The van der Waals surface area contributed by atoms with Crippen molar-refractivity contribution < 1.29 is 0 Å². The van der Waals surface area contributed by atoms with Gasteiger partial charge in [-0.2, -0.15) is 0 Å². The van der Waals surface area contributed by atoms with E-state index in [2.05, 4.69) is 0 Å². The van der Waals surface area contributed by atoms with Crippen LogP contribution in [0.25, 0.3) is 0 Å². The maximum absolute atomic E-state index is 6.96. The summed E-state index contributed by atoms with van der Waals surface area (Å²) in [4.78, 5) is 0.